The van der Waals surface area contributed by atoms with Crippen LogP contribution in [0.25, 0.3) is 21.7 Å². The molecule has 0 radical (unpaired) electrons. The van der Waals surface area contributed by atoms with Gasteiger partial charge in [-0.3, -0.25) is 4.63 Å². The molecule has 0 bridgehead atoms. The van der Waals surface area contributed by atoms with E-state index in [4.69, 9.17) is 5.53 Å². The molecular weight excluding hydrogens is 210 g/mol. The van der Waals surface area contributed by atoms with Crippen molar-refractivity contribution in [1.29, 1.82) is 0 Å². The van der Waals surface area contributed by atoms with Gasteiger partial charge in [-0.15, -0.1) is 0 Å². The molecule has 0 spiro atoms. The van der Waals surface area contributed by atoms with Gasteiger partial charge >= 0.3 is 0 Å². The quantitative estimate of drug-likeness (QED) is 0.339. The standard InChI is InChI=1S/C9H7N5O2/c10-13-11-6-8-9(12-16-14(8)15)7-4-2-1-3-5-7/h1-5H,6H2. The monoisotopic (exact) mass is 217 g/mol. The molecule has 1 aromatic heterocycles. The summed E-state index contributed by atoms with van der Waals surface area (Å²) in [4.78, 5) is 2.84. The first kappa shape index (κ1) is 10.0. The SMILES string of the molecule is [N-]=[N+]=NCc1c(-c2ccccc2)no[n+]1[O-]. The van der Waals surface area contributed by atoms with Crippen LogP contribution in [0.4, 0.5) is 0 Å². The van der Waals surface area contributed by atoms with Gasteiger partial charge in [0, 0.05) is 15.6 Å². The molecule has 0 N–H and O–H groups in total. The molecule has 0 amide bonds. The molecule has 16 heavy (non-hydrogen) atoms. The molecule has 0 fully saturated rings. The largest absolute Gasteiger partial charge is 0.359 e. The Hall–Kier alpha value is -2.53. The van der Waals surface area contributed by atoms with Gasteiger partial charge in [0.2, 0.25) is 5.69 Å². The number of hydrogen-bond acceptors (Lipinski definition) is 4. The third kappa shape index (κ3) is 1.79. The Balaban J connectivity index is 2.45. The maximum atomic E-state index is 11.2. The smallest absolute Gasteiger partial charge is 0.251 e. The summed E-state index contributed by atoms with van der Waals surface area (Å²) < 4.78 is 4.47. The van der Waals surface area contributed by atoms with E-state index in [2.05, 4.69) is 19.8 Å². The van der Waals surface area contributed by atoms with E-state index < -0.39 is 0 Å². The van der Waals surface area contributed by atoms with Crippen LogP contribution in [0.3, 0.4) is 0 Å². The number of nitrogens with zero attached hydrogens (tertiary/aromatic N) is 5. The Morgan fingerprint density at radius 2 is 2.19 bits per heavy atom. The van der Waals surface area contributed by atoms with Gasteiger partial charge in [-0.2, -0.15) is 0 Å². The van der Waals surface area contributed by atoms with Gasteiger partial charge in [-0.25, -0.2) is 0 Å². The molecule has 2 aromatic rings. The molecule has 0 saturated carbocycles. The average molecular weight is 217 g/mol. The van der Waals surface area contributed by atoms with Crippen molar-refractivity contribution in [3.05, 3.63) is 51.7 Å². The van der Waals surface area contributed by atoms with Crippen LogP contribution in [0.15, 0.2) is 40.1 Å². The first-order chi connectivity index (χ1) is 7.83. The molecule has 2 rings (SSSR count). The van der Waals surface area contributed by atoms with Crippen LogP contribution in [0.1, 0.15) is 5.69 Å². The highest BCUT2D eigenvalue weighted by molar-refractivity contribution is 5.59. The summed E-state index contributed by atoms with van der Waals surface area (Å²) in [5.41, 5.74) is 9.54. The fourth-order valence-corrected chi connectivity index (χ4v) is 1.31. The molecule has 1 aromatic carbocycles. The van der Waals surface area contributed by atoms with Gasteiger partial charge in [0.05, 0.1) is 6.54 Å². The van der Waals surface area contributed by atoms with Crippen molar-refractivity contribution in [2.75, 3.05) is 0 Å². The first-order valence-electron chi connectivity index (χ1n) is 4.48. The number of azide groups is 1. The highest BCUT2D eigenvalue weighted by Gasteiger charge is 2.19. The Morgan fingerprint density at radius 3 is 2.88 bits per heavy atom. The highest BCUT2D eigenvalue weighted by atomic mass is 16.8. The molecule has 0 atom stereocenters. The lowest BCUT2D eigenvalue weighted by molar-refractivity contribution is -0.807. The molecule has 0 saturated heterocycles. The second-order valence-electron chi connectivity index (χ2n) is 2.98. The van der Waals surface area contributed by atoms with Gasteiger partial charge in [-0.05, 0) is 10.4 Å². The highest BCUT2D eigenvalue weighted by Crippen LogP contribution is 2.19. The summed E-state index contributed by atoms with van der Waals surface area (Å²) in [5, 5.41) is 18.2. The van der Waals surface area contributed by atoms with Crippen molar-refractivity contribution in [1.82, 2.24) is 5.16 Å². The minimum atomic E-state index is -0.0896. The predicted molar refractivity (Wildman–Crippen MR) is 53.7 cm³/mol. The van der Waals surface area contributed by atoms with E-state index in [0.29, 0.717) is 5.69 Å². The maximum Gasteiger partial charge on any atom is 0.251 e. The lowest BCUT2D eigenvalue weighted by atomic mass is 10.1. The van der Waals surface area contributed by atoms with E-state index >= 15 is 0 Å². The summed E-state index contributed by atoms with van der Waals surface area (Å²) in [6, 6.07) is 9.06. The second kappa shape index (κ2) is 4.33. The molecule has 0 aliphatic rings. The van der Waals surface area contributed by atoms with E-state index in [0.717, 1.165) is 5.56 Å². The van der Waals surface area contributed by atoms with Crippen molar-refractivity contribution >= 4 is 0 Å². The number of benzene rings is 1. The minimum absolute atomic E-state index is 0.0896. The van der Waals surface area contributed by atoms with Crippen molar-refractivity contribution in [3.63, 3.8) is 0 Å². The fraction of sp³-hybridized carbons (Fsp3) is 0.111. The van der Waals surface area contributed by atoms with Gasteiger partial charge < -0.3 is 5.21 Å². The summed E-state index contributed by atoms with van der Waals surface area (Å²) >= 11 is 0. The van der Waals surface area contributed by atoms with Crippen LogP contribution in [-0.2, 0) is 6.54 Å². The fourth-order valence-electron chi connectivity index (χ4n) is 1.31. The zero-order chi connectivity index (χ0) is 11.4. The zero-order valence-electron chi connectivity index (χ0n) is 8.15. The molecule has 7 heteroatoms. The van der Waals surface area contributed by atoms with Gasteiger partial charge in [0.25, 0.3) is 5.69 Å². The van der Waals surface area contributed by atoms with Crippen LogP contribution in [0.2, 0.25) is 0 Å². The van der Waals surface area contributed by atoms with Crippen LogP contribution < -0.4 is 4.90 Å². The topological polar surface area (TPSA) is 102 Å². The van der Waals surface area contributed by atoms with Crippen molar-refractivity contribution in [2.45, 2.75) is 6.54 Å². The van der Waals surface area contributed by atoms with Crippen LogP contribution in [-0.4, -0.2) is 5.16 Å². The molecule has 80 valence electrons. The van der Waals surface area contributed by atoms with Crippen LogP contribution in [0.5, 0.6) is 0 Å². The predicted octanol–water partition coefficient (Wildman–Crippen LogP) is 1.79. The minimum Gasteiger partial charge on any atom is -0.359 e. The molecule has 1 heterocycles. The molecule has 0 aliphatic carbocycles. The number of rotatable bonds is 3. The van der Waals surface area contributed by atoms with Crippen molar-refractivity contribution in [2.24, 2.45) is 5.11 Å². The van der Waals surface area contributed by atoms with Gasteiger partial charge in [-0.1, -0.05) is 35.4 Å². The third-order valence-corrected chi connectivity index (χ3v) is 2.03. The number of hydrogen-bond donors (Lipinski definition) is 0. The maximum absolute atomic E-state index is 11.2. The lowest BCUT2D eigenvalue weighted by Crippen LogP contribution is -2.27. The second-order valence-corrected chi connectivity index (χ2v) is 2.98. The zero-order valence-corrected chi connectivity index (χ0v) is 8.15. The van der Waals surface area contributed by atoms with Gasteiger partial charge in [0.1, 0.15) is 0 Å². The molecular formula is C9H7N5O2. The molecule has 7 nitrogen and oxygen atoms in total. The Labute approximate surface area is 90.1 Å². The molecule has 0 unspecified atom stereocenters. The normalized spacial score (nSPS) is 9.75. The van der Waals surface area contributed by atoms with E-state index in [1.165, 1.54) is 0 Å². The summed E-state index contributed by atoms with van der Waals surface area (Å²) in [7, 11) is 0. The average Bonchev–Trinajstić information content (AvgIpc) is 2.69. The molecule has 0 aliphatic heterocycles. The summed E-state index contributed by atoms with van der Waals surface area (Å²) in [6.45, 7) is -0.0896. The van der Waals surface area contributed by atoms with Gasteiger partial charge in [0.15, 0.2) is 0 Å². The van der Waals surface area contributed by atoms with E-state index in [1.54, 1.807) is 12.1 Å². The van der Waals surface area contributed by atoms with E-state index in [9.17, 15) is 5.21 Å². The van der Waals surface area contributed by atoms with E-state index in [-0.39, 0.29) is 17.1 Å². The van der Waals surface area contributed by atoms with E-state index in [1.807, 2.05) is 18.2 Å². The Morgan fingerprint density at radius 1 is 1.44 bits per heavy atom. The summed E-state index contributed by atoms with van der Waals surface area (Å²) in [6.07, 6.45) is 0. The first-order valence-corrected chi connectivity index (χ1v) is 4.48. The number of aromatic nitrogens is 2. The Kier molecular flexibility index (Phi) is 2.71. The van der Waals surface area contributed by atoms with Crippen molar-refractivity contribution < 1.29 is 9.53 Å². The van der Waals surface area contributed by atoms with Crippen molar-refractivity contribution in [3.8, 4) is 11.3 Å². The summed E-state index contributed by atoms with van der Waals surface area (Å²) in [5.74, 6) is 0. The van der Waals surface area contributed by atoms with Crippen LogP contribution in [0, 0.1) is 5.21 Å². The Bertz CT molecular complexity index is 530. The van der Waals surface area contributed by atoms with Crippen LogP contribution >= 0.6 is 0 Å². The third-order valence-electron chi connectivity index (χ3n) is 2.03. The lowest BCUT2D eigenvalue weighted by Gasteiger charge is -1.93.